The minimum Gasteiger partial charge on any atom is -0.461 e. The smallest absolute Gasteiger partial charge is 0.221 e. The molecule has 0 N–H and O–H groups in total. The minimum absolute atomic E-state index is 0.189. The van der Waals surface area contributed by atoms with Gasteiger partial charge in [-0.05, 0) is 36.4 Å². The van der Waals surface area contributed by atoms with Gasteiger partial charge < -0.3 is 4.42 Å². The van der Waals surface area contributed by atoms with Crippen LogP contribution < -0.4 is 0 Å². The van der Waals surface area contributed by atoms with Gasteiger partial charge >= 0.3 is 0 Å². The van der Waals surface area contributed by atoms with E-state index in [1.165, 1.54) is 36.6 Å². The predicted molar refractivity (Wildman–Crippen MR) is 63.5 cm³/mol. The molecule has 1 aromatic carbocycles. The molecule has 0 radical (unpaired) electrons. The molecule has 1 heterocycles. The molecule has 0 fully saturated rings. The first kappa shape index (κ1) is 11.6. The van der Waals surface area contributed by atoms with Crippen molar-refractivity contribution >= 4 is 23.5 Å². The van der Waals surface area contributed by atoms with Crippen molar-refractivity contribution in [2.45, 2.75) is 0 Å². The third-order valence-electron chi connectivity index (χ3n) is 2.17. The Morgan fingerprint density at radius 3 is 2.76 bits per heavy atom. The molecule has 0 aliphatic carbocycles. The number of carbonyl (C=O) groups excluding carboxylic acids is 1. The van der Waals surface area contributed by atoms with Gasteiger partial charge in [-0.15, -0.1) is 0 Å². The first-order valence-corrected chi connectivity index (χ1v) is 5.26. The molecule has 0 amide bonds. The molecule has 0 unspecified atom stereocenters. The number of rotatable bonds is 3. The van der Waals surface area contributed by atoms with E-state index in [4.69, 9.17) is 16.0 Å². The van der Waals surface area contributed by atoms with E-state index in [0.29, 0.717) is 0 Å². The first-order chi connectivity index (χ1) is 8.18. The van der Waals surface area contributed by atoms with Crippen LogP contribution in [0.2, 0.25) is 5.02 Å². The maximum absolute atomic E-state index is 13.4. The van der Waals surface area contributed by atoms with Crippen molar-refractivity contribution in [3.05, 3.63) is 64.8 Å². The molecule has 0 spiro atoms. The molecule has 0 saturated carbocycles. The SMILES string of the molecule is O=C(C=Cc1c(F)cccc1Cl)c1ccco1. The molecule has 0 aliphatic rings. The van der Waals surface area contributed by atoms with E-state index < -0.39 is 5.82 Å². The van der Waals surface area contributed by atoms with Crippen molar-refractivity contribution in [3.63, 3.8) is 0 Å². The number of hydrogen-bond donors (Lipinski definition) is 0. The van der Waals surface area contributed by atoms with Crippen LogP contribution in [0.15, 0.2) is 47.1 Å². The van der Waals surface area contributed by atoms with Gasteiger partial charge in [0, 0.05) is 5.56 Å². The van der Waals surface area contributed by atoms with Gasteiger partial charge in [0.25, 0.3) is 0 Å². The second-order valence-electron chi connectivity index (χ2n) is 3.31. The highest BCUT2D eigenvalue weighted by Gasteiger charge is 2.06. The summed E-state index contributed by atoms with van der Waals surface area (Å²) in [5, 5.41) is 0.258. The van der Waals surface area contributed by atoms with E-state index in [1.54, 1.807) is 12.1 Å². The number of benzene rings is 1. The van der Waals surface area contributed by atoms with Gasteiger partial charge in [0.2, 0.25) is 5.78 Å². The first-order valence-electron chi connectivity index (χ1n) is 4.88. The molecule has 0 saturated heterocycles. The Hall–Kier alpha value is -1.87. The number of halogens is 2. The fourth-order valence-electron chi connectivity index (χ4n) is 1.33. The van der Waals surface area contributed by atoms with Crippen LogP contribution in [0.4, 0.5) is 4.39 Å². The highest BCUT2D eigenvalue weighted by molar-refractivity contribution is 6.32. The molecule has 2 nitrogen and oxygen atoms in total. The minimum atomic E-state index is -0.471. The number of hydrogen-bond acceptors (Lipinski definition) is 2. The van der Waals surface area contributed by atoms with E-state index in [2.05, 4.69) is 0 Å². The van der Waals surface area contributed by atoms with Gasteiger partial charge in [-0.25, -0.2) is 4.39 Å². The molecule has 2 rings (SSSR count). The van der Waals surface area contributed by atoms with Crippen molar-refractivity contribution < 1.29 is 13.6 Å². The van der Waals surface area contributed by atoms with Crippen LogP contribution >= 0.6 is 11.6 Å². The number of carbonyl (C=O) groups is 1. The van der Waals surface area contributed by atoms with E-state index in [1.807, 2.05) is 0 Å². The van der Waals surface area contributed by atoms with Gasteiger partial charge in [0.05, 0.1) is 11.3 Å². The molecule has 0 bridgehead atoms. The second-order valence-corrected chi connectivity index (χ2v) is 3.72. The standard InChI is InChI=1S/C13H8ClFO2/c14-10-3-1-4-11(15)9(10)6-7-12(16)13-5-2-8-17-13/h1-8H. The van der Waals surface area contributed by atoms with Gasteiger partial charge in [-0.2, -0.15) is 0 Å². The van der Waals surface area contributed by atoms with E-state index in [-0.39, 0.29) is 22.1 Å². The highest BCUT2D eigenvalue weighted by Crippen LogP contribution is 2.20. The molecule has 2 aromatic rings. The maximum Gasteiger partial charge on any atom is 0.221 e. The van der Waals surface area contributed by atoms with Crippen molar-refractivity contribution in [1.82, 2.24) is 0 Å². The number of furan rings is 1. The normalized spacial score (nSPS) is 10.9. The molecule has 17 heavy (non-hydrogen) atoms. The Balaban J connectivity index is 2.24. The summed E-state index contributed by atoms with van der Waals surface area (Å²) >= 11 is 5.81. The van der Waals surface area contributed by atoms with Crippen molar-refractivity contribution in [3.8, 4) is 0 Å². The van der Waals surface area contributed by atoms with Crippen molar-refractivity contribution in [2.24, 2.45) is 0 Å². The van der Waals surface area contributed by atoms with Crippen molar-refractivity contribution in [2.75, 3.05) is 0 Å². The van der Waals surface area contributed by atoms with Crippen LogP contribution in [0.25, 0.3) is 6.08 Å². The molecule has 0 atom stereocenters. The lowest BCUT2D eigenvalue weighted by molar-refractivity contribution is 0.102. The topological polar surface area (TPSA) is 30.2 Å². The Bertz CT molecular complexity index is 539. The zero-order chi connectivity index (χ0) is 12.3. The third kappa shape index (κ3) is 2.63. The quantitative estimate of drug-likeness (QED) is 0.609. The lowest BCUT2D eigenvalue weighted by atomic mass is 10.1. The summed E-state index contributed by atoms with van der Waals surface area (Å²) < 4.78 is 18.3. The van der Waals surface area contributed by atoms with Crippen LogP contribution in [0.1, 0.15) is 16.1 Å². The Morgan fingerprint density at radius 2 is 2.12 bits per heavy atom. The summed E-state index contributed by atoms with van der Waals surface area (Å²) in [6.45, 7) is 0. The summed E-state index contributed by atoms with van der Waals surface area (Å²) in [6, 6.07) is 7.49. The average Bonchev–Trinajstić information content (AvgIpc) is 2.81. The predicted octanol–water partition coefficient (Wildman–Crippen LogP) is 3.97. The van der Waals surface area contributed by atoms with E-state index in [9.17, 15) is 9.18 Å². The Labute approximate surface area is 102 Å². The Kier molecular flexibility index (Phi) is 3.40. The van der Waals surface area contributed by atoms with Crippen LogP contribution in [-0.4, -0.2) is 5.78 Å². The summed E-state index contributed by atoms with van der Waals surface area (Å²) in [4.78, 5) is 11.6. The van der Waals surface area contributed by atoms with Gasteiger partial charge in [0.15, 0.2) is 5.76 Å². The van der Waals surface area contributed by atoms with Crippen LogP contribution in [0.3, 0.4) is 0 Å². The van der Waals surface area contributed by atoms with Crippen LogP contribution in [-0.2, 0) is 0 Å². The molecular formula is C13H8ClFO2. The lowest BCUT2D eigenvalue weighted by Gasteiger charge is -1.98. The Morgan fingerprint density at radius 1 is 1.29 bits per heavy atom. The summed E-state index contributed by atoms with van der Waals surface area (Å²) in [7, 11) is 0. The van der Waals surface area contributed by atoms with Crippen molar-refractivity contribution in [1.29, 1.82) is 0 Å². The molecule has 86 valence electrons. The van der Waals surface area contributed by atoms with Gasteiger partial charge in [0.1, 0.15) is 5.82 Å². The highest BCUT2D eigenvalue weighted by atomic mass is 35.5. The molecule has 4 heteroatoms. The second kappa shape index (κ2) is 4.97. The van der Waals surface area contributed by atoms with E-state index in [0.717, 1.165) is 0 Å². The fraction of sp³-hybridized carbons (Fsp3) is 0. The monoisotopic (exact) mass is 250 g/mol. The molecule has 0 aliphatic heterocycles. The average molecular weight is 251 g/mol. The summed E-state index contributed by atoms with van der Waals surface area (Å²) in [6.07, 6.45) is 3.96. The molecular weight excluding hydrogens is 243 g/mol. The molecule has 1 aromatic heterocycles. The summed E-state index contributed by atoms with van der Waals surface area (Å²) in [5.41, 5.74) is 0.189. The fourth-order valence-corrected chi connectivity index (χ4v) is 1.56. The van der Waals surface area contributed by atoms with Crippen LogP contribution in [0.5, 0.6) is 0 Å². The third-order valence-corrected chi connectivity index (χ3v) is 2.49. The maximum atomic E-state index is 13.4. The zero-order valence-electron chi connectivity index (χ0n) is 8.69. The number of ketones is 1. The lowest BCUT2D eigenvalue weighted by Crippen LogP contribution is -1.91. The summed E-state index contributed by atoms with van der Waals surface area (Å²) in [5.74, 6) is -0.607. The van der Waals surface area contributed by atoms with Gasteiger partial charge in [-0.1, -0.05) is 17.7 Å². The van der Waals surface area contributed by atoms with Crippen LogP contribution in [0, 0.1) is 5.82 Å². The largest absolute Gasteiger partial charge is 0.461 e. The van der Waals surface area contributed by atoms with Gasteiger partial charge in [-0.3, -0.25) is 4.79 Å². The zero-order valence-corrected chi connectivity index (χ0v) is 9.45. The number of allylic oxidation sites excluding steroid dienone is 1. The van der Waals surface area contributed by atoms with E-state index >= 15 is 0 Å².